The summed E-state index contributed by atoms with van der Waals surface area (Å²) in [5.41, 5.74) is 1.32. The first-order chi connectivity index (χ1) is 13.1. The van der Waals surface area contributed by atoms with Crippen LogP contribution in [0.5, 0.6) is 5.75 Å². The van der Waals surface area contributed by atoms with Crippen LogP contribution in [-0.4, -0.2) is 58.8 Å². The van der Waals surface area contributed by atoms with Crippen molar-refractivity contribution in [3.8, 4) is 5.75 Å². The third kappa shape index (κ3) is 3.73. The first kappa shape index (κ1) is 18.1. The van der Waals surface area contributed by atoms with Crippen molar-refractivity contribution in [2.75, 3.05) is 6.61 Å². The molecule has 2 aliphatic rings. The highest BCUT2D eigenvalue weighted by Gasteiger charge is 2.48. The summed E-state index contributed by atoms with van der Waals surface area (Å²) in [7, 11) is 0. The van der Waals surface area contributed by atoms with Crippen LogP contribution < -0.4 is 0 Å². The SMILES string of the molecule is Oc1ccccc1C=N[C@H]1[C@H](O)[C@@H]2OC(c3ccccc3)OC[C@H]2O[C@@H]1O. The molecule has 27 heavy (non-hydrogen) atoms. The number of hydrogen-bond acceptors (Lipinski definition) is 7. The third-order valence-corrected chi connectivity index (χ3v) is 4.75. The Morgan fingerprint density at radius 2 is 1.70 bits per heavy atom. The van der Waals surface area contributed by atoms with Crippen LogP contribution in [0.3, 0.4) is 0 Å². The molecule has 0 radical (unpaired) electrons. The molecule has 2 saturated heterocycles. The van der Waals surface area contributed by atoms with Gasteiger partial charge in [-0.15, -0.1) is 0 Å². The number of para-hydroxylation sites is 1. The van der Waals surface area contributed by atoms with E-state index in [0.717, 1.165) is 5.56 Å². The Morgan fingerprint density at radius 1 is 0.963 bits per heavy atom. The van der Waals surface area contributed by atoms with E-state index < -0.39 is 36.9 Å². The highest BCUT2D eigenvalue weighted by atomic mass is 16.7. The minimum Gasteiger partial charge on any atom is -0.507 e. The molecule has 0 bridgehead atoms. The molecular weight excluding hydrogens is 350 g/mol. The number of hydrogen-bond donors (Lipinski definition) is 3. The van der Waals surface area contributed by atoms with E-state index in [9.17, 15) is 15.3 Å². The van der Waals surface area contributed by atoms with E-state index in [1.165, 1.54) is 12.3 Å². The van der Waals surface area contributed by atoms with Crippen molar-refractivity contribution in [1.82, 2.24) is 0 Å². The average molecular weight is 371 g/mol. The van der Waals surface area contributed by atoms with E-state index in [4.69, 9.17) is 14.2 Å². The summed E-state index contributed by atoms with van der Waals surface area (Å²) in [5, 5.41) is 30.8. The summed E-state index contributed by atoms with van der Waals surface area (Å²) >= 11 is 0. The fraction of sp³-hybridized carbons (Fsp3) is 0.350. The molecule has 0 amide bonds. The minimum absolute atomic E-state index is 0.0614. The number of fused-ring (bicyclic) bond motifs is 1. The largest absolute Gasteiger partial charge is 0.507 e. The molecule has 4 rings (SSSR count). The molecular formula is C20H21NO6. The highest BCUT2D eigenvalue weighted by molar-refractivity contribution is 5.83. The average Bonchev–Trinajstić information content (AvgIpc) is 2.69. The monoisotopic (exact) mass is 371 g/mol. The molecule has 2 aliphatic heterocycles. The second kappa shape index (κ2) is 7.75. The van der Waals surface area contributed by atoms with Crippen LogP contribution in [0.15, 0.2) is 59.6 Å². The molecule has 0 saturated carbocycles. The summed E-state index contributed by atoms with van der Waals surface area (Å²) in [6.07, 6.45) is -2.89. The highest BCUT2D eigenvalue weighted by Crippen LogP contribution is 2.34. The van der Waals surface area contributed by atoms with Crippen molar-refractivity contribution in [2.45, 2.75) is 36.9 Å². The molecule has 7 heteroatoms. The fourth-order valence-corrected chi connectivity index (χ4v) is 3.30. The molecule has 2 aromatic rings. The Hall–Kier alpha value is -2.29. The van der Waals surface area contributed by atoms with Gasteiger partial charge in [-0.3, -0.25) is 4.99 Å². The van der Waals surface area contributed by atoms with Crippen molar-refractivity contribution >= 4 is 6.21 Å². The number of aliphatic imine (C=N–C) groups is 1. The van der Waals surface area contributed by atoms with Crippen LogP contribution in [0.1, 0.15) is 17.4 Å². The normalized spacial score (nSPS) is 33.7. The number of aliphatic hydroxyl groups excluding tert-OH is 2. The van der Waals surface area contributed by atoms with Gasteiger partial charge in [-0.25, -0.2) is 0 Å². The molecule has 0 aliphatic carbocycles. The molecule has 3 N–H and O–H groups in total. The van der Waals surface area contributed by atoms with Crippen LogP contribution in [0.4, 0.5) is 0 Å². The lowest BCUT2D eigenvalue weighted by Crippen LogP contribution is -2.61. The van der Waals surface area contributed by atoms with Gasteiger partial charge in [-0.05, 0) is 12.1 Å². The molecule has 142 valence electrons. The van der Waals surface area contributed by atoms with Crippen molar-refractivity contribution in [1.29, 1.82) is 0 Å². The summed E-state index contributed by atoms with van der Waals surface area (Å²) in [6, 6.07) is 15.1. The fourth-order valence-electron chi connectivity index (χ4n) is 3.30. The first-order valence-electron chi connectivity index (χ1n) is 8.78. The number of aliphatic hydroxyl groups is 2. The lowest BCUT2D eigenvalue weighted by molar-refractivity contribution is -0.335. The van der Waals surface area contributed by atoms with Gasteiger partial charge in [0.1, 0.15) is 30.1 Å². The van der Waals surface area contributed by atoms with Crippen LogP contribution in [0.25, 0.3) is 0 Å². The second-order valence-corrected chi connectivity index (χ2v) is 6.56. The molecule has 1 unspecified atom stereocenters. The standard InChI is InChI=1S/C20H21NO6/c22-14-9-5-4-8-13(14)10-21-16-17(23)18-15(26-19(16)24)11-25-20(27-18)12-6-2-1-3-7-12/h1-10,15-20,22-24H,11H2/t15-,16+,17+,18-,19+,20?/m1/s1. The van der Waals surface area contributed by atoms with Gasteiger partial charge >= 0.3 is 0 Å². The number of benzene rings is 2. The maximum absolute atomic E-state index is 10.7. The van der Waals surface area contributed by atoms with Gasteiger partial charge in [0.25, 0.3) is 0 Å². The van der Waals surface area contributed by atoms with Crippen LogP contribution >= 0.6 is 0 Å². The Bertz CT molecular complexity index is 798. The van der Waals surface area contributed by atoms with E-state index in [1.807, 2.05) is 30.3 Å². The lowest BCUT2D eigenvalue weighted by Gasteiger charge is -2.45. The van der Waals surface area contributed by atoms with Crippen molar-refractivity contribution in [3.63, 3.8) is 0 Å². The number of phenols is 1. The van der Waals surface area contributed by atoms with Crippen molar-refractivity contribution in [3.05, 3.63) is 65.7 Å². The summed E-state index contributed by atoms with van der Waals surface area (Å²) < 4.78 is 17.1. The maximum Gasteiger partial charge on any atom is 0.184 e. The van der Waals surface area contributed by atoms with Crippen LogP contribution in [0.2, 0.25) is 0 Å². The summed E-state index contributed by atoms with van der Waals surface area (Å²) in [4.78, 5) is 4.23. The number of aromatic hydroxyl groups is 1. The van der Waals surface area contributed by atoms with Crippen LogP contribution in [-0.2, 0) is 14.2 Å². The number of nitrogens with zero attached hydrogens (tertiary/aromatic N) is 1. The molecule has 7 nitrogen and oxygen atoms in total. The topological polar surface area (TPSA) is 101 Å². The first-order valence-corrected chi connectivity index (χ1v) is 8.78. The smallest absolute Gasteiger partial charge is 0.184 e. The van der Waals surface area contributed by atoms with Gasteiger partial charge in [-0.1, -0.05) is 42.5 Å². The molecule has 6 atom stereocenters. The maximum atomic E-state index is 10.7. The molecule has 2 heterocycles. The number of ether oxygens (including phenoxy) is 3. The van der Waals surface area contributed by atoms with E-state index in [1.54, 1.807) is 18.2 Å². The molecule has 0 aromatic heterocycles. The van der Waals surface area contributed by atoms with Crippen molar-refractivity contribution < 1.29 is 29.5 Å². The van der Waals surface area contributed by atoms with Gasteiger partial charge in [-0.2, -0.15) is 0 Å². The van der Waals surface area contributed by atoms with E-state index in [0.29, 0.717) is 5.56 Å². The minimum atomic E-state index is -1.30. The zero-order valence-electron chi connectivity index (χ0n) is 14.5. The predicted molar refractivity (Wildman–Crippen MR) is 96.4 cm³/mol. The summed E-state index contributed by atoms with van der Waals surface area (Å²) in [5.74, 6) is 0.0614. The number of phenolic OH excluding ortho intramolecular Hbond substituents is 1. The Balaban J connectivity index is 1.51. The Labute approximate surface area is 156 Å². The number of rotatable bonds is 3. The second-order valence-electron chi connectivity index (χ2n) is 6.56. The quantitative estimate of drug-likeness (QED) is 0.705. The van der Waals surface area contributed by atoms with Crippen LogP contribution in [0, 0.1) is 0 Å². The lowest BCUT2D eigenvalue weighted by atomic mass is 9.96. The molecule has 0 spiro atoms. The van der Waals surface area contributed by atoms with E-state index in [2.05, 4.69) is 4.99 Å². The van der Waals surface area contributed by atoms with E-state index >= 15 is 0 Å². The predicted octanol–water partition coefficient (Wildman–Crippen LogP) is 1.37. The van der Waals surface area contributed by atoms with Gasteiger partial charge in [0.2, 0.25) is 0 Å². The zero-order chi connectivity index (χ0) is 18.8. The molecule has 2 fully saturated rings. The zero-order valence-corrected chi connectivity index (χ0v) is 14.5. The van der Waals surface area contributed by atoms with Gasteiger partial charge in [0, 0.05) is 17.3 Å². The Kier molecular flexibility index (Phi) is 5.20. The van der Waals surface area contributed by atoms with Gasteiger partial charge in [0.05, 0.1) is 6.61 Å². The van der Waals surface area contributed by atoms with E-state index in [-0.39, 0.29) is 12.4 Å². The third-order valence-electron chi connectivity index (χ3n) is 4.75. The van der Waals surface area contributed by atoms with Gasteiger partial charge in [0.15, 0.2) is 12.6 Å². The van der Waals surface area contributed by atoms with Gasteiger partial charge < -0.3 is 29.5 Å². The van der Waals surface area contributed by atoms with Crippen molar-refractivity contribution in [2.24, 2.45) is 4.99 Å². The summed E-state index contributed by atoms with van der Waals surface area (Å²) in [6.45, 7) is 0.189. The molecule has 2 aromatic carbocycles. The Morgan fingerprint density at radius 3 is 2.48 bits per heavy atom.